The van der Waals surface area contributed by atoms with E-state index >= 15 is 0 Å². The monoisotopic (exact) mass is 282 g/mol. The number of carbonyl (C=O) groups is 1. The van der Waals surface area contributed by atoms with Gasteiger partial charge in [0.05, 0.1) is 4.90 Å². The zero-order valence-electron chi connectivity index (χ0n) is 11.2. The highest BCUT2D eigenvalue weighted by Gasteiger charge is 2.15. The standard InChI is InChI=1S/C13H18N2O3S/c1-9(2)13(16)14-11-5-7-12(8-6-11)19(17,18)15-10(3)4/h5-8,10,15H,1H2,2-4H3,(H,14,16). The van der Waals surface area contributed by atoms with Crippen molar-refractivity contribution < 1.29 is 13.2 Å². The Morgan fingerprint density at radius 1 is 1.21 bits per heavy atom. The second-order valence-electron chi connectivity index (χ2n) is 4.53. The normalized spacial score (nSPS) is 11.4. The molecule has 5 nitrogen and oxygen atoms in total. The zero-order chi connectivity index (χ0) is 14.6. The number of carbonyl (C=O) groups excluding carboxylic acids is 1. The maximum atomic E-state index is 11.9. The molecule has 0 saturated carbocycles. The largest absolute Gasteiger partial charge is 0.322 e. The van der Waals surface area contributed by atoms with Crippen LogP contribution in [0.3, 0.4) is 0 Å². The lowest BCUT2D eigenvalue weighted by atomic mass is 10.3. The van der Waals surface area contributed by atoms with Crippen molar-refractivity contribution in [1.82, 2.24) is 4.72 Å². The van der Waals surface area contributed by atoms with Crippen LogP contribution < -0.4 is 10.0 Å². The Labute approximate surface area is 113 Å². The van der Waals surface area contributed by atoms with Crippen LogP contribution in [-0.2, 0) is 14.8 Å². The van der Waals surface area contributed by atoms with E-state index in [9.17, 15) is 13.2 Å². The van der Waals surface area contributed by atoms with E-state index in [-0.39, 0.29) is 16.8 Å². The third kappa shape index (κ3) is 4.50. The van der Waals surface area contributed by atoms with Crippen molar-refractivity contribution in [3.63, 3.8) is 0 Å². The smallest absolute Gasteiger partial charge is 0.250 e. The molecule has 0 bridgehead atoms. The fourth-order valence-electron chi connectivity index (χ4n) is 1.33. The minimum absolute atomic E-state index is 0.162. The third-order valence-electron chi connectivity index (χ3n) is 2.20. The number of rotatable bonds is 5. The summed E-state index contributed by atoms with van der Waals surface area (Å²) in [4.78, 5) is 11.6. The number of hydrogen-bond donors (Lipinski definition) is 2. The van der Waals surface area contributed by atoms with Gasteiger partial charge < -0.3 is 5.32 Å². The highest BCUT2D eigenvalue weighted by molar-refractivity contribution is 7.89. The summed E-state index contributed by atoms with van der Waals surface area (Å²) < 4.78 is 26.2. The van der Waals surface area contributed by atoms with E-state index in [0.29, 0.717) is 11.3 Å². The summed E-state index contributed by atoms with van der Waals surface area (Å²) in [7, 11) is -3.50. The van der Waals surface area contributed by atoms with E-state index in [0.717, 1.165) is 0 Å². The molecule has 0 atom stereocenters. The van der Waals surface area contributed by atoms with Crippen LogP contribution in [-0.4, -0.2) is 20.4 Å². The van der Waals surface area contributed by atoms with Gasteiger partial charge in [0.1, 0.15) is 0 Å². The molecule has 6 heteroatoms. The Bertz CT molecular complexity index is 574. The molecule has 0 aliphatic carbocycles. The number of hydrogen-bond acceptors (Lipinski definition) is 3. The van der Waals surface area contributed by atoms with Crippen molar-refractivity contribution in [1.29, 1.82) is 0 Å². The van der Waals surface area contributed by atoms with Crippen LogP contribution in [0.25, 0.3) is 0 Å². The molecule has 19 heavy (non-hydrogen) atoms. The van der Waals surface area contributed by atoms with E-state index in [4.69, 9.17) is 0 Å². The van der Waals surface area contributed by atoms with Crippen molar-refractivity contribution in [2.45, 2.75) is 31.7 Å². The predicted octanol–water partition coefficient (Wildman–Crippen LogP) is 1.89. The van der Waals surface area contributed by atoms with Gasteiger partial charge in [-0.15, -0.1) is 0 Å². The van der Waals surface area contributed by atoms with Crippen molar-refractivity contribution in [2.24, 2.45) is 0 Å². The minimum atomic E-state index is -3.50. The molecule has 0 heterocycles. The highest BCUT2D eigenvalue weighted by Crippen LogP contribution is 2.14. The fraction of sp³-hybridized carbons (Fsp3) is 0.308. The van der Waals surface area contributed by atoms with Gasteiger partial charge in [0, 0.05) is 17.3 Å². The second kappa shape index (κ2) is 5.99. The van der Waals surface area contributed by atoms with Crippen LogP contribution in [0.4, 0.5) is 5.69 Å². The third-order valence-corrected chi connectivity index (χ3v) is 3.88. The lowest BCUT2D eigenvalue weighted by Gasteiger charge is -2.10. The van der Waals surface area contributed by atoms with E-state index in [1.165, 1.54) is 24.3 Å². The molecule has 104 valence electrons. The Hall–Kier alpha value is -1.66. The van der Waals surface area contributed by atoms with Crippen LogP contribution in [0.5, 0.6) is 0 Å². The highest BCUT2D eigenvalue weighted by atomic mass is 32.2. The second-order valence-corrected chi connectivity index (χ2v) is 6.25. The Kier molecular flexibility index (Phi) is 4.85. The van der Waals surface area contributed by atoms with Gasteiger partial charge in [-0.2, -0.15) is 0 Å². The molecule has 0 spiro atoms. The molecular formula is C13H18N2O3S. The van der Waals surface area contributed by atoms with Crippen LogP contribution in [0.1, 0.15) is 20.8 Å². The molecule has 0 saturated heterocycles. The molecule has 0 unspecified atom stereocenters. The van der Waals surface area contributed by atoms with Crippen molar-refractivity contribution in [2.75, 3.05) is 5.32 Å². The van der Waals surface area contributed by atoms with Gasteiger partial charge in [0.15, 0.2) is 0 Å². The van der Waals surface area contributed by atoms with Gasteiger partial charge in [-0.1, -0.05) is 6.58 Å². The number of benzene rings is 1. The molecule has 0 aliphatic heterocycles. The molecule has 1 aromatic rings. The molecule has 0 aliphatic rings. The number of sulfonamides is 1. The van der Waals surface area contributed by atoms with Gasteiger partial charge in [0.25, 0.3) is 5.91 Å². The summed E-state index contributed by atoms with van der Waals surface area (Å²) in [6, 6.07) is 5.79. The SMILES string of the molecule is C=C(C)C(=O)Nc1ccc(S(=O)(=O)NC(C)C)cc1. The minimum Gasteiger partial charge on any atom is -0.322 e. The van der Waals surface area contributed by atoms with Crippen molar-refractivity contribution in [3.05, 3.63) is 36.4 Å². The van der Waals surface area contributed by atoms with Gasteiger partial charge in [-0.3, -0.25) is 4.79 Å². The summed E-state index contributed by atoms with van der Waals surface area (Å²) in [5, 5.41) is 2.61. The Morgan fingerprint density at radius 2 is 1.74 bits per heavy atom. The van der Waals surface area contributed by atoms with Gasteiger partial charge in [0.2, 0.25) is 10.0 Å². The zero-order valence-corrected chi connectivity index (χ0v) is 12.0. The quantitative estimate of drug-likeness (QED) is 0.810. The summed E-state index contributed by atoms with van der Waals surface area (Å²) in [6.45, 7) is 8.62. The van der Waals surface area contributed by atoms with E-state index in [1.807, 2.05) is 0 Å². The number of amides is 1. The molecule has 1 aromatic carbocycles. The molecule has 1 rings (SSSR count). The Balaban J connectivity index is 2.88. The first-order valence-corrected chi connectivity index (χ1v) is 7.30. The van der Waals surface area contributed by atoms with Crippen molar-refractivity contribution in [3.8, 4) is 0 Å². The molecule has 0 aromatic heterocycles. The Morgan fingerprint density at radius 3 is 2.16 bits per heavy atom. The van der Waals surface area contributed by atoms with Crippen LogP contribution in [0.2, 0.25) is 0 Å². The van der Waals surface area contributed by atoms with Crippen LogP contribution in [0.15, 0.2) is 41.3 Å². The first kappa shape index (κ1) is 15.4. The van der Waals surface area contributed by atoms with E-state index in [1.54, 1.807) is 20.8 Å². The lowest BCUT2D eigenvalue weighted by Crippen LogP contribution is -2.30. The summed E-state index contributed by atoms with van der Waals surface area (Å²) in [5.74, 6) is -0.295. The van der Waals surface area contributed by atoms with Gasteiger partial charge >= 0.3 is 0 Å². The van der Waals surface area contributed by atoms with Crippen LogP contribution in [0, 0.1) is 0 Å². The van der Waals surface area contributed by atoms with E-state index < -0.39 is 10.0 Å². The first-order valence-electron chi connectivity index (χ1n) is 5.81. The topological polar surface area (TPSA) is 75.3 Å². The van der Waals surface area contributed by atoms with Crippen LogP contribution >= 0.6 is 0 Å². The number of nitrogens with one attached hydrogen (secondary N) is 2. The average Bonchev–Trinajstić information content (AvgIpc) is 2.27. The first-order chi connectivity index (χ1) is 8.72. The summed E-state index contributed by atoms with van der Waals surface area (Å²) in [6.07, 6.45) is 0. The maximum Gasteiger partial charge on any atom is 0.250 e. The molecule has 1 amide bonds. The molecular weight excluding hydrogens is 264 g/mol. The lowest BCUT2D eigenvalue weighted by molar-refractivity contribution is -0.112. The summed E-state index contributed by atoms with van der Waals surface area (Å²) >= 11 is 0. The number of anilines is 1. The molecule has 0 fully saturated rings. The van der Waals surface area contributed by atoms with E-state index in [2.05, 4.69) is 16.6 Å². The van der Waals surface area contributed by atoms with Gasteiger partial charge in [-0.25, -0.2) is 13.1 Å². The molecule has 2 N–H and O–H groups in total. The maximum absolute atomic E-state index is 11.9. The average molecular weight is 282 g/mol. The summed E-state index contributed by atoms with van der Waals surface area (Å²) in [5.41, 5.74) is 0.912. The van der Waals surface area contributed by atoms with Gasteiger partial charge in [-0.05, 0) is 45.0 Å². The van der Waals surface area contributed by atoms with Crippen molar-refractivity contribution >= 4 is 21.6 Å². The predicted molar refractivity (Wildman–Crippen MR) is 75.3 cm³/mol. The molecule has 0 radical (unpaired) electrons. The fourth-order valence-corrected chi connectivity index (χ4v) is 2.58.